The van der Waals surface area contributed by atoms with Crippen LogP contribution in [0.5, 0.6) is 0 Å². The Labute approximate surface area is 146 Å². The van der Waals surface area contributed by atoms with E-state index >= 15 is 0 Å². The molecule has 0 radical (unpaired) electrons. The van der Waals surface area contributed by atoms with Crippen molar-refractivity contribution in [3.8, 4) is 0 Å². The molecule has 2 aromatic rings. The van der Waals surface area contributed by atoms with Crippen LogP contribution in [0, 0.1) is 0 Å². The van der Waals surface area contributed by atoms with E-state index in [2.05, 4.69) is 25.4 Å². The summed E-state index contributed by atoms with van der Waals surface area (Å²) in [5, 5.41) is 11.7. The van der Waals surface area contributed by atoms with E-state index in [0.29, 0.717) is 43.9 Å². The summed E-state index contributed by atoms with van der Waals surface area (Å²) in [6.45, 7) is 2.59. The van der Waals surface area contributed by atoms with Crippen LogP contribution in [0.1, 0.15) is 36.2 Å². The normalized spacial score (nSPS) is 18.6. The lowest BCUT2D eigenvalue weighted by Gasteiger charge is -2.34. The molecule has 1 aliphatic heterocycles. The zero-order chi connectivity index (χ0) is 17.1. The molecular formula is C17H22N6O2. The molecule has 25 heavy (non-hydrogen) atoms. The SMILES string of the molecule is O=C(c1ccco1)N1CCN(c2nncc(NC3CCCC3)n2)CC1. The number of anilines is 2. The van der Waals surface area contributed by atoms with E-state index in [-0.39, 0.29) is 5.91 Å². The van der Waals surface area contributed by atoms with Crippen molar-refractivity contribution in [2.24, 2.45) is 0 Å². The number of hydrogen-bond donors (Lipinski definition) is 1. The summed E-state index contributed by atoms with van der Waals surface area (Å²) in [5.74, 6) is 1.72. The Morgan fingerprint density at radius 2 is 2.00 bits per heavy atom. The zero-order valence-corrected chi connectivity index (χ0v) is 14.1. The minimum Gasteiger partial charge on any atom is -0.459 e. The highest BCUT2D eigenvalue weighted by Gasteiger charge is 2.25. The molecule has 1 N–H and O–H groups in total. The number of carbonyl (C=O) groups is 1. The molecule has 0 unspecified atom stereocenters. The van der Waals surface area contributed by atoms with Crippen LogP contribution in [0.25, 0.3) is 0 Å². The van der Waals surface area contributed by atoms with Crippen LogP contribution < -0.4 is 10.2 Å². The first-order valence-electron chi connectivity index (χ1n) is 8.83. The third-order valence-electron chi connectivity index (χ3n) is 4.84. The van der Waals surface area contributed by atoms with E-state index in [0.717, 1.165) is 5.82 Å². The molecule has 0 bridgehead atoms. The van der Waals surface area contributed by atoms with Crippen LogP contribution in [-0.2, 0) is 0 Å². The van der Waals surface area contributed by atoms with Gasteiger partial charge in [-0.25, -0.2) is 0 Å². The Bertz CT molecular complexity index is 706. The Kier molecular flexibility index (Phi) is 4.49. The second-order valence-corrected chi connectivity index (χ2v) is 6.52. The lowest BCUT2D eigenvalue weighted by atomic mass is 10.2. The van der Waals surface area contributed by atoms with Crippen molar-refractivity contribution in [2.45, 2.75) is 31.7 Å². The molecule has 0 atom stereocenters. The quantitative estimate of drug-likeness (QED) is 0.906. The van der Waals surface area contributed by atoms with Crippen molar-refractivity contribution >= 4 is 17.7 Å². The van der Waals surface area contributed by atoms with Crippen LogP contribution in [0.15, 0.2) is 29.0 Å². The largest absolute Gasteiger partial charge is 0.459 e. The molecule has 2 aliphatic rings. The standard InChI is InChI=1S/C17H22N6O2/c24-16(14-6-3-11-25-14)22-7-9-23(10-8-22)17-20-15(12-18-21-17)19-13-4-1-2-5-13/h3,6,11-13H,1-2,4-5,7-10H2,(H,19,20,21). The Morgan fingerprint density at radius 3 is 2.72 bits per heavy atom. The fourth-order valence-corrected chi connectivity index (χ4v) is 3.44. The molecule has 8 nitrogen and oxygen atoms in total. The van der Waals surface area contributed by atoms with E-state index in [1.54, 1.807) is 23.2 Å². The molecular weight excluding hydrogens is 320 g/mol. The Balaban J connectivity index is 1.36. The van der Waals surface area contributed by atoms with E-state index in [9.17, 15) is 4.79 Å². The van der Waals surface area contributed by atoms with Gasteiger partial charge >= 0.3 is 0 Å². The molecule has 8 heteroatoms. The van der Waals surface area contributed by atoms with Gasteiger partial charge in [-0.1, -0.05) is 12.8 Å². The summed E-state index contributed by atoms with van der Waals surface area (Å²) in [6, 6.07) is 3.92. The highest BCUT2D eigenvalue weighted by atomic mass is 16.3. The minimum absolute atomic E-state index is 0.0691. The first-order chi connectivity index (χ1) is 12.3. The highest BCUT2D eigenvalue weighted by Crippen LogP contribution is 2.22. The summed E-state index contributed by atoms with van der Waals surface area (Å²) in [6.07, 6.45) is 8.12. The lowest BCUT2D eigenvalue weighted by molar-refractivity contribution is 0.0714. The van der Waals surface area contributed by atoms with E-state index in [1.807, 2.05) is 0 Å². The van der Waals surface area contributed by atoms with Crippen molar-refractivity contribution in [1.82, 2.24) is 20.1 Å². The predicted molar refractivity (Wildman–Crippen MR) is 92.5 cm³/mol. The highest BCUT2D eigenvalue weighted by molar-refractivity contribution is 5.91. The van der Waals surface area contributed by atoms with Gasteiger partial charge in [0, 0.05) is 32.2 Å². The van der Waals surface area contributed by atoms with Crippen molar-refractivity contribution in [3.05, 3.63) is 30.4 Å². The molecule has 1 saturated carbocycles. The number of amides is 1. The summed E-state index contributed by atoms with van der Waals surface area (Å²) in [7, 11) is 0. The van der Waals surface area contributed by atoms with Crippen LogP contribution >= 0.6 is 0 Å². The summed E-state index contributed by atoms with van der Waals surface area (Å²) in [4.78, 5) is 20.8. The van der Waals surface area contributed by atoms with E-state index in [1.165, 1.54) is 31.9 Å². The fourth-order valence-electron chi connectivity index (χ4n) is 3.44. The third-order valence-corrected chi connectivity index (χ3v) is 4.84. The van der Waals surface area contributed by atoms with Crippen molar-refractivity contribution in [3.63, 3.8) is 0 Å². The number of rotatable bonds is 4. The van der Waals surface area contributed by atoms with Crippen molar-refractivity contribution in [1.29, 1.82) is 0 Å². The summed E-state index contributed by atoms with van der Waals surface area (Å²) < 4.78 is 5.19. The molecule has 1 saturated heterocycles. The van der Waals surface area contributed by atoms with Gasteiger partial charge in [-0.05, 0) is 25.0 Å². The first-order valence-corrected chi connectivity index (χ1v) is 8.83. The van der Waals surface area contributed by atoms with Crippen LogP contribution in [0.4, 0.5) is 11.8 Å². The number of nitrogens with zero attached hydrogens (tertiary/aromatic N) is 5. The van der Waals surface area contributed by atoms with Gasteiger partial charge in [0.05, 0.1) is 12.5 Å². The zero-order valence-electron chi connectivity index (χ0n) is 14.1. The van der Waals surface area contributed by atoms with Gasteiger partial charge in [-0.3, -0.25) is 4.79 Å². The number of nitrogens with one attached hydrogen (secondary N) is 1. The molecule has 1 aliphatic carbocycles. The second-order valence-electron chi connectivity index (χ2n) is 6.52. The number of carbonyl (C=O) groups excluding carboxylic acids is 1. The summed E-state index contributed by atoms with van der Waals surface area (Å²) >= 11 is 0. The number of aromatic nitrogens is 3. The van der Waals surface area contributed by atoms with Crippen molar-refractivity contribution < 1.29 is 9.21 Å². The van der Waals surface area contributed by atoms with Gasteiger partial charge in [0.25, 0.3) is 5.91 Å². The number of hydrogen-bond acceptors (Lipinski definition) is 7. The molecule has 0 spiro atoms. The average molecular weight is 342 g/mol. The monoisotopic (exact) mass is 342 g/mol. The maximum absolute atomic E-state index is 12.3. The molecule has 132 valence electrons. The maximum Gasteiger partial charge on any atom is 0.289 e. The lowest BCUT2D eigenvalue weighted by Crippen LogP contribution is -2.49. The Hall–Kier alpha value is -2.64. The minimum atomic E-state index is -0.0691. The second kappa shape index (κ2) is 7.08. The number of furan rings is 1. The molecule has 2 aromatic heterocycles. The van der Waals surface area contributed by atoms with Gasteiger partial charge < -0.3 is 19.5 Å². The van der Waals surface area contributed by atoms with Gasteiger partial charge in [-0.15, -0.1) is 5.10 Å². The third kappa shape index (κ3) is 3.57. The van der Waals surface area contributed by atoms with Crippen LogP contribution in [0.2, 0.25) is 0 Å². The molecule has 2 fully saturated rings. The molecule has 4 rings (SSSR count). The van der Waals surface area contributed by atoms with Gasteiger partial charge in [0.2, 0.25) is 5.95 Å². The number of piperazine rings is 1. The average Bonchev–Trinajstić information content (AvgIpc) is 3.35. The van der Waals surface area contributed by atoms with Gasteiger partial charge in [-0.2, -0.15) is 10.1 Å². The van der Waals surface area contributed by atoms with Crippen LogP contribution in [0.3, 0.4) is 0 Å². The fraction of sp³-hybridized carbons (Fsp3) is 0.529. The maximum atomic E-state index is 12.3. The Morgan fingerprint density at radius 1 is 1.20 bits per heavy atom. The topological polar surface area (TPSA) is 87.4 Å². The van der Waals surface area contributed by atoms with Crippen LogP contribution in [-0.4, -0.2) is 58.2 Å². The smallest absolute Gasteiger partial charge is 0.289 e. The molecule has 0 aromatic carbocycles. The van der Waals surface area contributed by atoms with Gasteiger partial charge in [0.15, 0.2) is 11.6 Å². The van der Waals surface area contributed by atoms with Gasteiger partial charge in [0.1, 0.15) is 0 Å². The first kappa shape index (κ1) is 15.9. The molecule has 1 amide bonds. The van der Waals surface area contributed by atoms with E-state index in [4.69, 9.17) is 4.42 Å². The summed E-state index contributed by atoms with van der Waals surface area (Å²) in [5.41, 5.74) is 0. The predicted octanol–water partition coefficient (Wildman–Crippen LogP) is 1.78. The molecule has 3 heterocycles. The van der Waals surface area contributed by atoms with E-state index < -0.39 is 0 Å². The van der Waals surface area contributed by atoms with Crippen molar-refractivity contribution in [2.75, 3.05) is 36.4 Å².